The summed E-state index contributed by atoms with van der Waals surface area (Å²) < 4.78 is 18.7. The highest BCUT2D eigenvalue weighted by atomic mass is 35.5. The van der Waals surface area contributed by atoms with Crippen molar-refractivity contribution in [1.82, 2.24) is 0 Å². The molecule has 8 heteroatoms. The van der Waals surface area contributed by atoms with Crippen LogP contribution in [0, 0.1) is 15.9 Å². The van der Waals surface area contributed by atoms with Gasteiger partial charge in [-0.25, -0.2) is 4.39 Å². The van der Waals surface area contributed by atoms with E-state index in [0.717, 1.165) is 12.1 Å². The van der Waals surface area contributed by atoms with Crippen LogP contribution in [0.15, 0.2) is 36.4 Å². The van der Waals surface area contributed by atoms with Gasteiger partial charge in [0, 0.05) is 12.1 Å². The van der Waals surface area contributed by atoms with Gasteiger partial charge in [-0.05, 0) is 18.2 Å². The number of amides is 1. The fraction of sp³-hybridized carbons (Fsp3) is 0.0714. The van der Waals surface area contributed by atoms with Gasteiger partial charge in [-0.15, -0.1) is 0 Å². The smallest absolute Gasteiger partial charge is 0.271 e. The molecule has 0 radical (unpaired) electrons. The Morgan fingerprint density at radius 3 is 2.68 bits per heavy atom. The van der Waals surface area contributed by atoms with Crippen molar-refractivity contribution in [3.05, 3.63) is 62.9 Å². The Hall–Kier alpha value is -2.67. The lowest BCUT2D eigenvalue weighted by Crippen LogP contribution is -2.15. The number of methoxy groups -OCH3 is 1. The van der Waals surface area contributed by atoms with Crippen LogP contribution in [0.2, 0.25) is 5.02 Å². The highest BCUT2D eigenvalue weighted by Crippen LogP contribution is 2.30. The lowest BCUT2D eigenvalue weighted by Gasteiger charge is -2.11. The van der Waals surface area contributed by atoms with Crippen molar-refractivity contribution in [2.45, 2.75) is 0 Å². The average molecular weight is 325 g/mol. The molecule has 0 aromatic heterocycles. The number of nitrogens with one attached hydrogen (secondary N) is 1. The van der Waals surface area contributed by atoms with Gasteiger partial charge in [0.15, 0.2) is 0 Å². The normalized spacial score (nSPS) is 10.1. The summed E-state index contributed by atoms with van der Waals surface area (Å²) in [4.78, 5) is 22.3. The molecule has 1 amide bonds. The molecule has 0 unspecified atom stereocenters. The minimum atomic E-state index is -0.832. The van der Waals surface area contributed by atoms with E-state index in [-0.39, 0.29) is 27.7 Å². The summed E-state index contributed by atoms with van der Waals surface area (Å²) in [5.41, 5.74) is -0.547. The van der Waals surface area contributed by atoms with Crippen LogP contribution in [0.4, 0.5) is 15.8 Å². The lowest BCUT2D eigenvalue weighted by atomic mass is 10.2. The van der Waals surface area contributed by atoms with Crippen LogP contribution in [0.25, 0.3) is 0 Å². The molecule has 22 heavy (non-hydrogen) atoms. The van der Waals surface area contributed by atoms with Crippen LogP contribution < -0.4 is 10.1 Å². The maximum absolute atomic E-state index is 13.7. The number of carbonyl (C=O) groups is 1. The first-order valence-electron chi connectivity index (χ1n) is 6.02. The number of ether oxygens (including phenoxy) is 1. The quantitative estimate of drug-likeness (QED) is 0.687. The van der Waals surface area contributed by atoms with E-state index in [9.17, 15) is 19.3 Å². The highest BCUT2D eigenvalue weighted by molar-refractivity contribution is 6.34. The second-order valence-corrected chi connectivity index (χ2v) is 4.60. The van der Waals surface area contributed by atoms with E-state index in [1.807, 2.05) is 0 Å². The van der Waals surface area contributed by atoms with E-state index in [1.54, 1.807) is 0 Å². The molecule has 0 fully saturated rings. The van der Waals surface area contributed by atoms with Crippen molar-refractivity contribution in [3.8, 4) is 5.75 Å². The number of rotatable bonds is 4. The largest absolute Gasteiger partial charge is 0.495 e. The van der Waals surface area contributed by atoms with Gasteiger partial charge >= 0.3 is 0 Å². The van der Waals surface area contributed by atoms with Crippen molar-refractivity contribution in [2.75, 3.05) is 12.4 Å². The minimum Gasteiger partial charge on any atom is -0.495 e. The molecule has 6 nitrogen and oxygen atoms in total. The summed E-state index contributed by atoms with van der Waals surface area (Å²) in [6, 6.07) is 7.49. The molecule has 0 spiro atoms. The summed E-state index contributed by atoms with van der Waals surface area (Å²) in [5, 5.41) is 13.1. The predicted octanol–water partition coefficient (Wildman–Crippen LogP) is 3.65. The van der Waals surface area contributed by atoms with Crippen molar-refractivity contribution >= 4 is 28.9 Å². The zero-order chi connectivity index (χ0) is 16.3. The molecule has 0 aliphatic carbocycles. The van der Waals surface area contributed by atoms with Gasteiger partial charge in [-0.2, -0.15) is 0 Å². The number of hydrogen-bond acceptors (Lipinski definition) is 4. The first-order valence-corrected chi connectivity index (χ1v) is 6.39. The summed E-state index contributed by atoms with van der Waals surface area (Å²) >= 11 is 5.81. The van der Waals surface area contributed by atoms with Crippen molar-refractivity contribution < 1.29 is 18.8 Å². The Bertz CT molecular complexity index is 731. The summed E-state index contributed by atoms with van der Waals surface area (Å²) in [5.74, 6) is -1.43. The molecular formula is C14H10ClFN2O4. The molecule has 0 atom stereocenters. The van der Waals surface area contributed by atoms with E-state index in [2.05, 4.69) is 5.32 Å². The first kappa shape index (κ1) is 15.7. The van der Waals surface area contributed by atoms with E-state index in [4.69, 9.17) is 16.3 Å². The van der Waals surface area contributed by atoms with Gasteiger partial charge in [-0.3, -0.25) is 14.9 Å². The Kier molecular flexibility index (Phi) is 4.57. The zero-order valence-corrected chi connectivity index (χ0v) is 12.1. The monoisotopic (exact) mass is 324 g/mol. The molecular weight excluding hydrogens is 315 g/mol. The Balaban J connectivity index is 2.39. The van der Waals surface area contributed by atoms with Gasteiger partial charge in [0.2, 0.25) is 0 Å². The number of nitro groups is 1. The van der Waals surface area contributed by atoms with Crippen LogP contribution in [0.5, 0.6) is 5.75 Å². The third-order valence-corrected chi connectivity index (χ3v) is 3.15. The second-order valence-electron chi connectivity index (χ2n) is 4.19. The number of nitro benzene ring substituents is 1. The average Bonchev–Trinajstić information content (AvgIpc) is 2.46. The minimum absolute atomic E-state index is 0.0426. The summed E-state index contributed by atoms with van der Waals surface area (Å²) in [6.07, 6.45) is 0. The van der Waals surface area contributed by atoms with Crippen LogP contribution in [-0.4, -0.2) is 17.9 Å². The maximum atomic E-state index is 13.7. The number of carbonyl (C=O) groups excluding carboxylic acids is 1. The molecule has 1 N–H and O–H groups in total. The Morgan fingerprint density at radius 1 is 1.36 bits per heavy atom. The predicted molar refractivity (Wildman–Crippen MR) is 79.0 cm³/mol. The maximum Gasteiger partial charge on any atom is 0.271 e. The van der Waals surface area contributed by atoms with Gasteiger partial charge in [-0.1, -0.05) is 17.7 Å². The first-order chi connectivity index (χ1) is 10.4. The van der Waals surface area contributed by atoms with Crippen molar-refractivity contribution in [1.29, 1.82) is 0 Å². The molecule has 2 aromatic rings. The molecule has 0 aliphatic heterocycles. The second kappa shape index (κ2) is 6.40. The van der Waals surface area contributed by atoms with Crippen LogP contribution >= 0.6 is 11.6 Å². The SMILES string of the molecule is COc1ccc([N+](=O)[O-])cc1NC(=O)c1c(F)cccc1Cl. The van der Waals surface area contributed by atoms with Gasteiger partial charge in [0.1, 0.15) is 11.6 Å². The van der Waals surface area contributed by atoms with Gasteiger partial charge in [0.25, 0.3) is 11.6 Å². The molecule has 114 valence electrons. The molecule has 0 heterocycles. The third-order valence-electron chi connectivity index (χ3n) is 2.83. The number of nitrogens with zero attached hydrogens (tertiary/aromatic N) is 1. The third kappa shape index (κ3) is 3.15. The Labute approximate surface area is 129 Å². The Morgan fingerprint density at radius 2 is 2.09 bits per heavy atom. The molecule has 0 bridgehead atoms. The number of halogens is 2. The van der Waals surface area contributed by atoms with E-state index in [1.165, 1.54) is 31.4 Å². The molecule has 0 saturated carbocycles. The molecule has 2 aromatic carbocycles. The fourth-order valence-corrected chi connectivity index (χ4v) is 2.06. The molecule has 0 aliphatic rings. The van der Waals surface area contributed by atoms with Crippen LogP contribution in [0.1, 0.15) is 10.4 Å². The van der Waals surface area contributed by atoms with Crippen molar-refractivity contribution in [3.63, 3.8) is 0 Å². The topological polar surface area (TPSA) is 81.5 Å². The number of benzene rings is 2. The van der Waals surface area contributed by atoms with E-state index >= 15 is 0 Å². The molecule has 0 saturated heterocycles. The lowest BCUT2D eigenvalue weighted by molar-refractivity contribution is -0.384. The number of non-ortho nitro benzene ring substituents is 1. The van der Waals surface area contributed by atoms with Crippen LogP contribution in [-0.2, 0) is 0 Å². The standard InChI is InChI=1S/C14H10ClFN2O4/c1-22-12-6-5-8(18(20)21)7-11(12)17-14(19)13-9(15)3-2-4-10(13)16/h2-7H,1H3,(H,17,19). The number of hydrogen-bond donors (Lipinski definition) is 1. The zero-order valence-electron chi connectivity index (χ0n) is 11.3. The van der Waals surface area contributed by atoms with E-state index < -0.39 is 16.6 Å². The van der Waals surface area contributed by atoms with Gasteiger partial charge in [0.05, 0.1) is 28.3 Å². The highest BCUT2D eigenvalue weighted by Gasteiger charge is 2.19. The van der Waals surface area contributed by atoms with Crippen molar-refractivity contribution in [2.24, 2.45) is 0 Å². The summed E-state index contributed by atoms with van der Waals surface area (Å²) in [7, 11) is 1.34. The van der Waals surface area contributed by atoms with E-state index in [0.29, 0.717) is 0 Å². The van der Waals surface area contributed by atoms with Crippen LogP contribution in [0.3, 0.4) is 0 Å². The fourth-order valence-electron chi connectivity index (χ4n) is 1.81. The molecule has 2 rings (SSSR count). The summed E-state index contributed by atoms with van der Waals surface area (Å²) in [6.45, 7) is 0. The number of anilines is 1. The van der Waals surface area contributed by atoms with Gasteiger partial charge < -0.3 is 10.1 Å².